The van der Waals surface area contributed by atoms with Crippen LogP contribution in [0.25, 0.3) is 0 Å². The summed E-state index contributed by atoms with van der Waals surface area (Å²) in [5, 5.41) is 9.48. The second kappa shape index (κ2) is 6.89. The summed E-state index contributed by atoms with van der Waals surface area (Å²) in [5.74, 6) is -0.0100. The smallest absolute Gasteiger partial charge is 0.308 e. The molecular formula is C17H25NO2. The van der Waals surface area contributed by atoms with Gasteiger partial charge in [0, 0.05) is 19.6 Å². The molecule has 0 amide bonds. The highest BCUT2D eigenvalue weighted by atomic mass is 16.4. The molecule has 1 heterocycles. The molecule has 0 saturated carbocycles. The summed E-state index contributed by atoms with van der Waals surface area (Å²) in [5.41, 5.74) is 1.27. The fraction of sp³-hybridized carbons (Fsp3) is 0.588. The second-order valence-electron chi connectivity index (χ2n) is 5.86. The monoisotopic (exact) mass is 275 g/mol. The molecule has 1 N–H and O–H groups in total. The Balaban J connectivity index is 2.06. The molecule has 0 aromatic heterocycles. The van der Waals surface area contributed by atoms with Crippen molar-refractivity contribution in [2.75, 3.05) is 13.1 Å². The van der Waals surface area contributed by atoms with Crippen molar-refractivity contribution in [3.8, 4) is 0 Å². The molecule has 1 aromatic rings. The number of hydrogen-bond donors (Lipinski definition) is 1. The van der Waals surface area contributed by atoms with Crippen molar-refractivity contribution in [3.05, 3.63) is 35.9 Å². The van der Waals surface area contributed by atoms with E-state index < -0.39 is 5.97 Å². The first-order valence-corrected chi connectivity index (χ1v) is 7.64. The first-order valence-electron chi connectivity index (χ1n) is 7.64. The molecule has 3 heteroatoms. The molecule has 1 aliphatic heterocycles. The van der Waals surface area contributed by atoms with Gasteiger partial charge in [-0.25, -0.2) is 0 Å². The van der Waals surface area contributed by atoms with Crippen molar-refractivity contribution in [1.82, 2.24) is 4.90 Å². The van der Waals surface area contributed by atoms with Crippen LogP contribution in [0.15, 0.2) is 30.3 Å². The number of aliphatic carboxylic acids is 1. The normalized spacial score (nSPS) is 23.4. The summed E-state index contributed by atoms with van der Waals surface area (Å²) in [4.78, 5) is 13.8. The largest absolute Gasteiger partial charge is 0.481 e. The number of carboxylic acids is 1. The number of rotatable bonds is 6. The Morgan fingerprint density at radius 1 is 1.25 bits per heavy atom. The zero-order chi connectivity index (χ0) is 14.5. The molecule has 1 fully saturated rings. The summed E-state index contributed by atoms with van der Waals surface area (Å²) < 4.78 is 0. The molecule has 1 aromatic carbocycles. The Morgan fingerprint density at radius 2 is 1.90 bits per heavy atom. The van der Waals surface area contributed by atoms with E-state index in [1.54, 1.807) is 0 Å². The molecule has 110 valence electrons. The SMILES string of the molecule is CCC(CC)C1CN(Cc2ccccc2)CC1C(=O)O. The van der Waals surface area contributed by atoms with Crippen LogP contribution in [0, 0.1) is 17.8 Å². The number of carboxylic acid groups (broad SMARTS) is 1. The van der Waals surface area contributed by atoms with E-state index in [-0.39, 0.29) is 5.92 Å². The topological polar surface area (TPSA) is 40.5 Å². The summed E-state index contributed by atoms with van der Waals surface area (Å²) in [6, 6.07) is 10.3. The molecule has 20 heavy (non-hydrogen) atoms. The van der Waals surface area contributed by atoms with Gasteiger partial charge in [-0.15, -0.1) is 0 Å². The van der Waals surface area contributed by atoms with Gasteiger partial charge in [0.2, 0.25) is 0 Å². The van der Waals surface area contributed by atoms with E-state index in [0.717, 1.165) is 25.9 Å². The van der Waals surface area contributed by atoms with Gasteiger partial charge in [-0.05, 0) is 17.4 Å². The van der Waals surface area contributed by atoms with Crippen molar-refractivity contribution in [2.45, 2.75) is 33.2 Å². The molecule has 3 nitrogen and oxygen atoms in total. The van der Waals surface area contributed by atoms with Gasteiger partial charge in [0.1, 0.15) is 0 Å². The van der Waals surface area contributed by atoms with Gasteiger partial charge in [0.15, 0.2) is 0 Å². The van der Waals surface area contributed by atoms with E-state index in [9.17, 15) is 9.90 Å². The molecule has 2 unspecified atom stereocenters. The van der Waals surface area contributed by atoms with Gasteiger partial charge in [0.05, 0.1) is 5.92 Å². The first kappa shape index (κ1) is 15.0. The van der Waals surface area contributed by atoms with Crippen molar-refractivity contribution in [2.24, 2.45) is 17.8 Å². The minimum atomic E-state index is -0.627. The van der Waals surface area contributed by atoms with Gasteiger partial charge in [-0.1, -0.05) is 57.0 Å². The third-order valence-corrected chi connectivity index (χ3v) is 4.66. The van der Waals surface area contributed by atoms with Crippen molar-refractivity contribution < 1.29 is 9.90 Å². The number of hydrogen-bond acceptors (Lipinski definition) is 2. The highest BCUT2D eigenvalue weighted by Crippen LogP contribution is 2.34. The van der Waals surface area contributed by atoms with Crippen LogP contribution in [0.3, 0.4) is 0 Å². The van der Waals surface area contributed by atoms with Gasteiger partial charge in [-0.2, -0.15) is 0 Å². The average molecular weight is 275 g/mol. The summed E-state index contributed by atoms with van der Waals surface area (Å²) in [7, 11) is 0. The zero-order valence-electron chi connectivity index (χ0n) is 12.5. The van der Waals surface area contributed by atoms with E-state index in [0.29, 0.717) is 18.4 Å². The predicted octanol–water partition coefficient (Wildman–Crippen LogP) is 3.26. The fourth-order valence-corrected chi connectivity index (χ4v) is 3.52. The van der Waals surface area contributed by atoms with E-state index in [4.69, 9.17) is 0 Å². The Kier molecular flexibility index (Phi) is 5.18. The van der Waals surface area contributed by atoms with E-state index >= 15 is 0 Å². The number of carbonyl (C=O) groups is 1. The molecule has 1 aliphatic rings. The highest BCUT2D eigenvalue weighted by Gasteiger charge is 2.40. The minimum Gasteiger partial charge on any atom is -0.481 e. The Hall–Kier alpha value is -1.35. The molecule has 0 bridgehead atoms. The Morgan fingerprint density at radius 3 is 2.45 bits per heavy atom. The van der Waals surface area contributed by atoms with Crippen molar-refractivity contribution >= 4 is 5.97 Å². The zero-order valence-corrected chi connectivity index (χ0v) is 12.5. The molecule has 2 rings (SSSR count). The van der Waals surface area contributed by atoms with Crippen molar-refractivity contribution in [3.63, 3.8) is 0 Å². The highest BCUT2D eigenvalue weighted by molar-refractivity contribution is 5.71. The van der Waals surface area contributed by atoms with Gasteiger partial charge in [0.25, 0.3) is 0 Å². The number of benzene rings is 1. The summed E-state index contributed by atoms with van der Waals surface area (Å²) in [6.07, 6.45) is 2.15. The molecule has 0 radical (unpaired) electrons. The Bertz CT molecular complexity index is 428. The Labute approximate surface area is 121 Å². The van der Waals surface area contributed by atoms with E-state index in [2.05, 4.69) is 30.9 Å². The van der Waals surface area contributed by atoms with Crippen LogP contribution in [0.1, 0.15) is 32.3 Å². The third kappa shape index (κ3) is 3.40. The van der Waals surface area contributed by atoms with Crippen LogP contribution in [-0.2, 0) is 11.3 Å². The lowest BCUT2D eigenvalue weighted by atomic mass is 9.81. The maximum Gasteiger partial charge on any atom is 0.308 e. The standard InChI is InChI=1S/C17H25NO2/c1-3-14(4-2)15-11-18(12-16(15)17(19)20)10-13-8-6-5-7-9-13/h5-9,14-16H,3-4,10-12H2,1-2H3,(H,19,20). The van der Waals surface area contributed by atoms with Crippen LogP contribution < -0.4 is 0 Å². The lowest BCUT2D eigenvalue weighted by Crippen LogP contribution is -2.27. The first-order chi connectivity index (χ1) is 9.65. The third-order valence-electron chi connectivity index (χ3n) is 4.66. The summed E-state index contributed by atoms with van der Waals surface area (Å²) in [6.45, 7) is 6.81. The predicted molar refractivity (Wildman–Crippen MR) is 80.4 cm³/mol. The van der Waals surface area contributed by atoms with Crippen molar-refractivity contribution in [1.29, 1.82) is 0 Å². The van der Waals surface area contributed by atoms with Gasteiger partial charge < -0.3 is 5.11 Å². The summed E-state index contributed by atoms with van der Waals surface area (Å²) >= 11 is 0. The molecule has 0 spiro atoms. The van der Waals surface area contributed by atoms with E-state index in [1.807, 2.05) is 18.2 Å². The van der Waals surface area contributed by atoms with Crippen LogP contribution in [0.4, 0.5) is 0 Å². The maximum atomic E-state index is 11.5. The van der Waals surface area contributed by atoms with Crippen LogP contribution >= 0.6 is 0 Å². The second-order valence-corrected chi connectivity index (χ2v) is 5.86. The fourth-order valence-electron chi connectivity index (χ4n) is 3.52. The lowest BCUT2D eigenvalue weighted by Gasteiger charge is -2.24. The minimum absolute atomic E-state index is 0.205. The van der Waals surface area contributed by atoms with Crippen LogP contribution in [0.5, 0.6) is 0 Å². The number of nitrogens with zero attached hydrogens (tertiary/aromatic N) is 1. The van der Waals surface area contributed by atoms with E-state index in [1.165, 1.54) is 5.56 Å². The molecular weight excluding hydrogens is 250 g/mol. The molecule has 0 aliphatic carbocycles. The number of likely N-dealkylation sites (tertiary alicyclic amines) is 1. The van der Waals surface area contributed by atoms with Crippen LogP contribution in [-0.4, -0.2) is 29.1 Å². The van der Waals surface area contributed by atoms with Gasteiger partial charge in [-0.3, -0.25) is 9.69 Å². The molecule has 1 saturated heterocycles. The van der Waals surface area contributed by atoms with Crippen LogP contribution in [0.2, 0.25) is 0 Å². The maximum absolute atomic E-state index is 11.5. The van der Waals surface area contributed by atoms with Gasteiger partial charge >= 0.3 is 5.97 Å². The average Bonchev–Trinajstić information content (AvgIpc) is 2.85. The molecule has 2 atom stereocenters. The quantitative estimate of drug-likeness (QED) is 0.866. The lowest BCUT2D eigenvalue weighted by molar-refractivity contribution is -0.143.